The van der Waals surface area contributed by atoms with Crippen LogP contribution in [0.25, 0.3) is 0 Å². The Kier molecular flexibility index (Phi) is 6.62. The molecule has 1 N–H and O–H groups in total. The predicted molar refractivity (Wildman–Crippen MR) is 68.1 cm³/mol. The van der Waals surface area contributed by atoms with Gasteiger partial charge in [0.2, 0.25) is 0 Å². The summed E-state index contributed by atoms with van der Waals surface area (Å²) in [6.07, 6.45) is 6.40. The number of unbranched alkanes of at least 4 members (excludes halogenated alkanes) is 3. The third-order valence-electron chi connectivity index (χ3n) is 2.43. The lowest BCUT2D eigenvalue weighted by Crippen LogP contribution is -2.23. The van der Waals surface area contributed by atoms with Crippen LogP contribution in [0.3, 0.4) is 0 Å². The van der Waals surface area contributed by atoms with Crippen molar-refractivity contribution < 1.29 is 4.74 Å². The van der Waals surface area contributed by atoms with E-state index in [0.717, 1.165) is 13.0 Å². The van der Waals surface area contributed by atoms with Crippen LogP contribution in [0.4, 0.5) is 0 Å². The Morgan fingerprint density at radius 1 is 1.29 bits per heavy atom. The molecule has 0 radical (unpaired) electrons. The Labute approximate surface area is 104 Å². The molecule has 0 saturated heterocycles. The minimum absolute atomic E-state index is 0.481. The van der Waals surface area contributed by atoms with Crippen molar-refractivity contribution in [2.75, 3.05) is 13.2 Å². The van der Waals surface area contributed by atoms with Gasteiger partial charge < -0.3 is 10.1 Å². The molecular weight excluding hydrogens is 216 g/mol. The normalized spacial score (nSPS) is 11.1. The van der Waals surface area contributed by atoms with Crippen molar-refractivity contribution in [2.45, 2.75) is 45.6 Å². The van der Waals surface area contributed by atoms with Crippen LogP contribution in [0, 0.1) is 0 Å². The van der Waals surface area contributed by atoms with Crippen molar-refractivity contribution in [2.24, 2.45) is 7.05 Å². The molecule has 1 aromatic heterocycles. The maximum atomic E-state index is 5.41. The standard InChI is InChI=1S/C12H24N4O/c1-11(2)13-8-6-4-5-7-9-17-12-14-10-16(3)15-12/h10-11,13H,4-9H2,1-3H3. The molecule has 0 unspecified atom stereocenters. The van der Waals surface area contributed by atoms with Gasteiger partial charge in [-0.3, -0.25) is 4.68 Å². The third-order valence-corrected chi connectivity index (χ3v) is 2.43. The minimum Gasteiger partial charge on any atom is -0.462 e. The van der Waals surface area contributed by atoms with E-state index < -0.39 is 0 Å². The zero-order chi connectivity index (χ0) is 12.5. The van der Waals surface area contributed by atoms with Gasteiger partial charge in [0.1, 0.15) is 6.33 Å². The van der Waals surface area contributed by atoms with Crippen LogP contribution in [-0.2, 0) is 7.05 Å². The second kappa shape index (κ2) is 8.06. The van der Waals surface area contributed by atoms with E-state index in [-0.39, 0.29) is 0 Å². The van der Waals surface area contributed by atoms with Crippen LogP contribution in [0.5, 0.6) is 6.01 Å². The van der Waals surface area contributed by atoms with Gasteiger partial charge in [-0.05, 0) is 19.4 Å². The molecule has 5 nitrogen and oxygen atoms in total. The summed E-state index contributed by atoms with van der Waals surface area (Å²) in [6.45, 7) is 6.17. The van der Waals surface area contributed by atoms with Crippen LogP contribution in [0.15, 0.2) is 6.33 Å². The lowest BCUT2D eigenvalue weighted by atomic mass is 10.2. The van der Waals surface area contributed by atoms with Gasteiger partial charge in [0.05, 0.1) is 6.61 Å². The largest absolute Gasteiger partial charge is 0.462 e. The SMILES string of the molecule is CC(C)NCCCCCCOc1ncn(C)n1. The first-order valence-electron chi connectivity index (χ1n) is 6.40. The van der Waals surface area contributed by atoms with Gasteiger partial charge in [0, 0.05) is 13.1 Å². The van der Waals surface area contributed by atoms with Crippen LogP contribution in [-0.4, -0.2) is 34.0 Å². The molecule has 0 aliphatic carbocycles. The highest BCUT2D eigenvalue weighted by Gasteiger charge is 1.98. The molecule has 1 aromatic rings. The fourth-order valence-electron chi connectivity index (χ4n) is 1.52. The molecule has 0 spiro atoms. The van der Waals surface area contributed by atoms with Gasteiger partial charge >= 0.3 is 6.01 Å². The zero-order valence-electron chi connectivity index (χ0n) is 11.1. The number of aromatic nitrogens is 3. The molecule has 0 aromatic carbocycles. The summed E-state index contributed by atoms with van der Waals surface area (Å²) in [6, 6.07) is 1.07. The quantitative estimate of drug-likeness (QED) is 0.668. The van der Waals surface area contributed by atoms with Gasteiger partial charge in [-0.2, -0.15) is 4.98 Å². The first-order valence-corrected chi connectivity index (χ1v) is 6.40. The number of rotatable bonds is 9. The van der Waals surface area contributed by atoms with Gasteiger partial charge in [0.15, 0.2) is 0 Å². The van der Waals surface area contributed by atoms with Crippen LogP contribution in [0.1, 0.15) is 39.5 Å². The summed E-state index contributed by atoms with van der Waals surface area (Å²) < 4.78 is 7.06. The number of ether oxygens (including phenoxy) is 1. The molecule has 1 rings (SSSR count). The van der Waals surface area contributed by atoms with E-state index in [4.69, 9.17) is 4.74 Å². The van der Waals surface area contributed by atoms with E-state index >= 15 is 0 Å². The highest BCUT2D eigenvalue weighted by atomic mass is 16.5. The average Bonchev–Trinajstić information content (AvgIpc) is 2.68. The number of aryl methyl sites for hydroxylation is 1. The fourth-order valence-corrected chi connectivity index (χ4v) is 1.52. The van der Waals surface area contributed by atoms with Crippen molar-refractivity contribution in [1.29, 1.82) is 0 Å². The smallest absolute Gasteiger partial charge is 0.335 e. The predicted octanol–water partition coefficient (Wildman–Crippen LogP) is 1.75. The molecule has 0 aliphatic heterocycles. The summed E-state index contributed by atoms with van der Waals surface area (Å²) in [5.74, 6) is 0. The second-order valence-electron chi connectivity index (χ2n) is 4.57. The van der Waals surface area contributed by atoms with Crippen molar-refractivity contribution in [3.05, 3.63) is 6.33 Å². The Morgan fingerprint density at radius 3 is 2.71 bits per heavy atom. The molecule has 0 amide bonds. The van der Waals surface area contributed by atoms with Gasteiger partial charge in [0.25, 0.3) is 0 Å². The number of nitrogens with zero attached hydrogens (tertiary/aromatic N) is 3. The summed E-state index contributed by atoms with van der Waals surface area (Å²) in [4.78, 5) is 4.00. The van der Waals surface area contributed by atoms with Crippen molar-refractivity contribution in [3.8, 4) is 6.01 Å². The van der Waals surface area contributed by atoms with E-state index in [9.17, 15) is 0 Å². The van der Waals surface area contributed by atoms with Crippen LogP contribution in [0.2, 0.25) is 0 Å². The number of hydrogen-bond donors (Lipinski definition) is 1. The van der Waals surface area contributed by atoms with E-state index in [2.05, 4.69) is 29.2 Å². The summed E-state index contributed by atoms with van der Waals surface area (Å²) in [5.41, 5.74) is 0. The van der Waals surface area contributed by atoms with E-state index in [0.29, 0.717) is 18.7 Å². The lowest BCUT2D eigenvalue weighted by molar-refractivity contribution is 0.280. The zero-order valence-corrected chi connectivity index (χ0v) is 11.1. The highest BCUT2D eigenvalue weighted by molar-refractivity contribution is 4.86. The fraction of sp³-hybridized carbons (Fsp3) is 0.833. The maximum Gasteiger partial charge on any atom is 0.335 e. The second-order valence-corrected chi connectivity index (χ2v) is 4.57. The van der Waals surface area contributed by atoms with Gasteiger partial charge in [-0.1, -0.05) is 26.7 Å². The van der Waals surface area contributed by atoms with Crippen LogP contribution < -0.4 is 10.1 Å². The first kappa shape index (κ1) is 14.0. The summed E-state index contributed by atoms with van der Waals surface area (Å²) in [7, 11) is 1.83. The Morgan fingerprint density at radius 2 is 2.06 bits per heavy atom. The first-order chi connectivity index (χ1) is 8.18. The molecule has 0 fully saturated rings. The number of nitrogens with one attached hydrogen (secondary N) is 1. The van der Waals surface area contributed by atoms with Gasteiger partial charge in [-0.15, -0.1) is 5.10 Å². The molecular formula is C12H24N4O. The molecule has 0 aliphatic rings. The topological polar surface area (TPSA) is 52.0 Å². The third kappa shape index (κ3) is 6.94. The number of hydrogen-bond acceptors (Lipinski definition) is 4. The maximum absolute atomic E-state index is 5.41. The van der Waals surface area contributed by atoms with E-state index in [1.54, 1.807) is 11.0 Å². The average molecular weight is 240 g/mol. The van der Waals surface area contributed by atoms with Gasteiger partial charge in [-0.25, -0.2) is 0 Å². The molecule has 5 heteroatoms. The lowest BCUT2D eigenvalue weighted by Gasteiger charge is -2.07. The Hall–Kier alpha value is -1.10. The summed E-state index contributed by atoms with van der Waals surface area (Å²) in [5, 5.41) is 7.46. The van der Waals surface area contributed by atoms with E-state index in [1.165, 1.54) is 19.3 Å². The molecule has 0 saturated carbocycles. The highest BCUT2D eigenvalue weighted by Crippen LogP contribution is 2.03. The van der Waals surface area contributed by atoms with E-state index in [1.807, 2.05) is 7.05 Å². The Bertz CT molecular complexity index is 298. The van der Waals surface area contributed by atoms with Crippen molar-refractivity contribution in [1.82, 2.24) is 20.1 Å². The molecule has 0 bridgehead atoms. The minimum atomic E-state index is 0.481. The molecule has 98 valence electrons. The molecule has 0 atom stereocenters. The molecule has 1 heterocycles. The van der Waals surface area contributed by atoms with Crippen molar-refractivity contribution >= 4 is 0 Å². The monoisotopic (exact) mass is 240 g/mol. The van der Waals surface area contributed by atoms with Crippen LogP contribution >= 0.6 is 0 Å². The Balaban J connectivity index is 1.88. The van der Waals surface area contributed by atoms with Crippen molar-refractivity contribution in [3.63, 3.8) is 0 Å². The molecule has 17 heavy (non-hydrogen) atoms. The summed E-state index contributed by atoms with van der Waals surface area (Å²) >= 11 is 0.